The van der Waals surface area contributed by atoms with Crippen molar-refractivity contribution < 1.29 is 9.53 Å². The summed E-state index contributed by atoms with van der Waals surface area (Å²) in [5.74, 6) is 0.910. The van der Waals surface area contributed by atoms with E-state index >= 15 is 0 Å². The number of carbonyl (C=O) groups excluding carboxylic acids is 1. The van der Waals surface area contributed by atoms with Gasteiger partial charge in [0.1, 0.15) is 5.75 Å². The zero-order chi connectivity index (χ0) is 12.5. The van der Waals surface area contributed by atoms with E-state index in [4.69, 9.17) is 10.5 Å². The molecule has 1 rings (SSSR count). The summed E-state index contributed by atoms with van der Waals surface area (Å²) in [6, 6.07) is 7.83. The maximum absolute atomic E-state index is 11.4. The minimum Gasteiger partial charge on any atom is -0.494 e. The van der Waals surface area contributed by atoms with Crippen LogP contribution in [-0.4, -0.2) is 25.6 Å². The molecule has 1 aromatic rings. The second-order valence-electron chi connectivity index (χ2n) is 3.72. The molecule has 4 nitrogen and oxygen atoms in total. The number of amides is 1. The molecular formula is C13H20N2O2. The summed E-state index contributed by atoms with van der Waals surface area (Å²) < 4.78 is 5.35. The molecule has 0 aliphatic rings. The van der Waals surface area contributed by atoms with Gasteiger partial charge >= 0.3 is 0 Å². The molecule has 0 unspecified atom stereocenters. The van der Waals surface area contributed by atoms with Crippen molar-refractivity contribution in [1.29, 1.82) is 0 Å². The van der Waals surface area contributed by atoms with Crippen LogP contribution in [0, 0.1) is 0 Å². The Kier molecular flexibility index (Phi) is 6.10. The number of benzene rings is 1. The number of hydrogen-bond acceptors (Lipinski definition) is 3. The summed E-state index contributed by atoms with van der Waals surface area (Å²) in [5.41, 5.74) is 6.44. The zero-order valence-corrected chi connectivity index (χ0v) is 10.2. The minimum atomic E-state index is 0.0457. The van der Waals surface area contributed by atoms with Crippen LogP contribution in [0.5, 0.6) is 5.75 Å². The van der Waals surface area contributed by atoms with Gasteiger partial charge in [-0.25, -0.2) is 0 Å². The summed E-state index contributed by atoms with van der Waals surface area (Å²) in [7, 11) is 0. The van der Waals surface area contributed by atoms with E-state index in [2.05, 4.69) is 5.32 Å². The Balaban J connectivity index is 2.34. The van der Waals surface area contributed by atoms with Gasteiger partial charge < -0.3 is 15.8 Å². The Bertz CT molecular complexity index is 336. The predicted octanol–water partition coefficient (Wildman–Crippen LogP) is 1.09. The highest BCUT2D eigenvalue weighted by molar-refractivity contribution is 5.76. The molecule has 3 N–H and O–H groups in total. The van der Waals surface area contributed by atoms with Crippen molar-refractivity contribution in [2.75, 3.05) is 19.7 Å². The first-order valence-electron chi connectivity index (χ1n) is 5.94. The van der Waals surface area contributed by atoms with E-state index in [-0.39, 0.29) is 5.91 Å². The monoisotopic (exact) mass is 236 g/mol. The van der Waals surface area contributed by atoms with Crippen molar-refractivity contribution in [3.8, 4) is 5.75 Å². The first-order valence-corrected chi connectivity index (χ1v) is 5.94. The van der Waals surface area contributed by atoms with Crippen molar-refractivity contribution in [3.05, 3.63) is 29.8 Å². The number of aryl methyl sites for hydroxylation is 1. The van der Waals surface area contributed by atoms with Gasteiger partial charge in [0.05, 0.1) is 6.61 Å². The van der Waals surface area contributed by atoms with Gasteiger partial charge in [-0.15, -0.1) is 0 Å². The first-order chi connectivity index (χ1) is 8.26. The lowest BCUT2D eigenvalue weighted by atomic mass is 10.1. The van der Waals surface area contributed by atoms with Crippen LogP contribution in [0.4, 0.5) is 0 Å². The smallest absolute Gasteiger partial charge is 0.220 e. The number of hydrogen-bond donors (Lipinski definition) is 2. The van der Waals surface area contributed by atoms with Crippen LogP contribution in [0.1, 0.15) is 18.9 Å². The molecule has 0 saturated carbocycles. The van der Waals surface area contributed by atoms with Crippen LogP contribution < -0.4 is 15.8 Å². The summed E-state index contributed by atoms with van der Waals surface area (Å²) >= 11 is 0. The van der Waals surface area contributed by atoms with Crippen molar-refractivity contribution in [2.24, 2.45) is 5.73 Å². The largest absolute Gasteiger partial charge is 0.494 e. The molecule has 4 heteroatoms. The fourth-order valence-corrected chi connectivity index (χ4v) is 1.48. The lowest BCUT2D eigenvalue weighted by Crippen LogP contribution is -2.29. The maximum Gasteiger partial charge on any atom is 0.220 e. The molecule has 17 heavy (non-hydrogen) atoms. The van der Waals surface area contributed by atoms with Crippen LogP contribution in [0.3, 0.4) is 0 Å². The van der Waals surface area contributed by atoms with E-state index in [1.54, 1.807) is 0 Å². The number of rotatable bonds is 7. The molecule has 1 aromatic carbocycles. The average molecular weight is 236 g/mol. The normalized spacial score (nSPS) is 10.0. The fraction of sp³-hybridized carbons (Fsp3) is 0.462. The Morgan fingerprint density at radius 1 is 1.35 bits per heavy atom. The molecule has 0 heterocycles. The van der Waals surface area contributed by atoms with Crippen molar-refractivity contribution >= 4 is 5.91 Å². The lowest BCUT2D eigenvalue weighted by Gasteiger charge is -2.05. The highest BCUT2D eigenvalue weighted by atomic mass is 16.5. The molecule has 0 spiro atoms. The minimum absolute atomic E-state index is 0.0457. The van der Waals surface area contributed by atoms with E-state index < -0.39 is 0 Å². The van der Waals surface area contributed by atoms with E-state index in [0.29, 0.717) is 26.1 Å². The molecule has 0 fully saturated rings. The Labute approximate surface area is 102 Å². The quantitative estimate of drug-likeness (QED) is 0.745. The molecule has 0 radical (unpaired) electrons. The predicted molar refractivity (Wildman–Crippen MR) is 68.0 cm³/mol. The molecule has 0 saturated heterocycles. The topological polar surface area (TPSA) is 64.3 Å². The third-order valence-corrected chi connectivity index (χ3v) is 2.34. The Morgan fingerprint density at radius 3 is 2.65 bits per heavy atom. The average Bonchev–Trinajstić information content (AvgIpc) is 2.36. The van der Waals surface area contributed by atoms with Gasteiger partial charge in [-0.2, -0.15) is 0 Å². The third-order valence-electron chi connectivity index (χ3n) is 2.34. The molecular weight excluding hydrogens is 216 g/mol. The number of nitrogens with two attached hydrogens (primary N) is 1. The number of nitrogens with one attached hydrogen (secondary N) is 1. The van der Waals surface area contributed by atoms with Gasteiger partial charge in [0.25, 0.3) is 0 Å². The standard InChI is InChI=1S/C13H20N2O2/c1-2-17-12-6-3-11(4-7-12)5-8-13(16)15-10-9-14/h3-4,6-7H,2,5,8-10,14H2,1H3,(H,15,16). The molecule has 0 aromatic heterocycles. The summed E-state index contributed by atoms with van der Waals surface area (Å²) in [5, 5.41) is 2.75. The van der Waals surface area contributed by atoms with Crippen LogP contribution in [0.15, 0.2) is 24.3 Å². The Morgan fingerprint density at radius 2 is 2.06 bits per heavy atom. The molecule has 0 aliphatic carbocycles. The zero-order valence-electron chi connectivity index (χ0n) is 10.2. The van der Waals surface area contributed by atoms with Gasteiger partial charge in [-0.3, -0.25) is 4.79 Å². The molecule has 0 aliphatic heterocycles. The summed E-state index contributed by atoms with van der Waals surface area (Å²) in [6.07, 6.45) is 1.23. The molecule has 94 valence electrons. The van der Waals surface area contributed by atoms with Crippen molar-refractivity contribution in [3.63, 3.8) is 0 Å². The van der Waals surface area contributed by atoms with Crippen LogP contribution in [0.25, 0.3) is 0 Å². The summed E-state index contributed by atoms with van der Waals surface area (Å²) in [6.45, 7) is 3.65. The number of carbonyl (C=O) groups is 1. The third kappa shape index (κ3) is 5.36. The first kappa shape index (κ1) is 13.5. The van der Waals surface area contributed by atoms with Gasteiger partial charge in [-0.1, -0.05) is 12.1 Å². The van der Waals surface area contributed by atoms with E-state index in [1.165, 1.54) is 0 Å². The highest BCUT2D eigenvalue weighted by Crippen LogP contribution is 2.13. The van der Waals surface area contributed by atoms with Crippen molar-refractivity contribution in [2.45, 2.75) is 19.8 Å². The lowest BCUT2D eigenvalue weighted by molar-refractivity contribution is -0.120. The molecule has 0 bridgehead atoms. The second kappa shape index (κ2) is 7.68. The SMILES string of the molecule is CCOc1ccc(CCC(=O)NCCN)cc1. The van der Waals surface area contributed by atoms with E-state index in [0.717, 1.165) is 17.7 Å². The maximum atomic E-state index is 11.4. The fourth-order valence-electron chi connectivity index (χ4n) is 1.48. The van der Waals surface area contributed by atoms with E-state index in [9.17, 15) is 4.79 Å². The molecule has 1 amide bonds. The molecule has 0 atom stereocenters. The second-order valence-corrected chi connectivity index (χ2v) is 3.72. The van der Waals surface area contributed by atoms with Crippen molar-refractivity contribution in [1.82, 2.24) is 5.32 Å². The highest BCUT2D eigenvalue weighted by Gasteiger charge is 2.01. The Hall–Kier alpha value is -1.55. The van der Waals surface area contributed by atoms with E-state index in [1.807, 2.05) is 31.2 Å². The van der Waals surface area contributed by atoms with Gasteiger partial charge in [-0.05, 0) is 31.0 Å². The van der Waals surface area contributed by atoms with Gasteiger partial charge in [0, 0.05) is 19.5 Å². The number of ether oxygens (including phenoxy) is 1. The van der Waals surface area contributed by atoms with Gasteiger partial charge in [0.2, 0.25) is 5.91 Å². The van der Waals surface area contributed by atoms with Crippen LogP contribution in [0.2, 0.25) is 0 Å². The van der Waals surface area contributed by atoms with Crippen LogP contribution >= 0.6 is 0 Å². The van der Waals surface area contributed by atoms with Gasteiger partial charge in [0.15, 0.2) is 0 Å². The summed E-state index contributed by atoms with van der Waals surface area (Å²) in [4.78, 5) is 11.4. The van der Waals surface area contributed by atoms with Crippen LogP contribution in [-0.2, 0) is 11.2 Å².